The molecule has 148 valence electrons. The Morgan fingerprint density at radius 1 is 1.10 bits per heavy atom. The number of para-hydroxylation sites is 1. The first-order valence-corrected chi connectivity index (χ1v) is 9.96. The summed E-state index contributed by atoms with van der Waals surface area (Å²) in [5.74, 6) is -1.30. The van der Waals surface area contributed by atoms with Gasteiger partial charge in [0.2, 0.25) is 4.96 Å². The Bertz CT molecular complexity index is 1460. The molecule has 5 rings (SSSR count). The monoisotopic (exact) mass is 438 g/mol. The number of carboxylic acids is 1. The zero-order valence-electron chi connectivity index (χ0n) is 15.1. The number of aromatic nitrogens is 3. The molecule has 0 radical (unpaired) electrons. The summed E-state index contributed by atoms with van der Waals surface area (Å²) in [6.07, 6.45) is 0. The van der Waals surface area contributed by atoms with Crippen LogP contribution in [0.5, 0.6) is 0 Å². The van der Waals surface area contributed by atoms with Gasteiger partial charge in [-0.15, -0.1) is 5.10 Å². The largest absolute Gasteiger partial charge is 0.480 e. The van der Waals surface area contributed by atoms with Gasteiger partial charge in [0.25, 0.3) is 11.5 Å². The number of halogens is 1. The molecule has 30 heavy (non-hydrogen) atoms. The summed E-state index contributed by atoms with van der Waals surface area (Å²) in [6.45, 7) is -0.491. The summed E-state index contributed by atoms with van der Waals surface area (Å²) in [7, 11) is 0. The topological polar surface area (TPSA) is 105 Å². The van der Waals surface area contributed by atoms with Crippen LogP contribution in [-0.2, 0) is 9.59 Å². The van der Waals surface area contributed by atoms with Crippen molar-refractivity contribution in [1.82, 2.24) is 14.6 Å². The molecule has 2 aromatic heterocycles. The van der Waals surface area contributed by atoms with E-state index >= 15 is 0 Å². The normalized spacial score (nSPS) is 15.1. The van der Waals surface area contributed by atoms with Crippen molar-refractivity contribution in [3.05, 3.63) is 74.0 Å². The molecule has 8 nitrogen and oxygen atoms in total. The Balaban J connectivity index is 1.70. The molecule has 0 saturated carbocycles. The van der Waals surface area contributed by atoms with E-state index in [-0.39, 0.29) is 10.1 Å². The van der Waals surface area contributed by atoms with Crippen molar-refractivity contribution in [1.29, 1.82) is 0 Å². The van der Waals surface area contributed by atoms with Crippen molar-refractivity contribution in [2.24, 2.45) is 0 Å². The van der Waals surface area contributed by atoms with Gasteiger partial charge in [-0.05, 0) is 30.3 Å². The first-order valence-electron chi connectivity index (χ1n) is 8.77. The van der Waals surface area contributed by atoms with E-state index in [0.717, 1.165) is 20.8 Å². The van der Waals surface area contributed by atoms with Crippen molar-refractivity contribution in [2.45, 2.75) is 0 Å². The van der Waals surface area contributed by atoms with E-state index in [9.17, 15) is 19.5 Å². The second-order valence-electron chi connectivity index (χ2n) is 6.55. The van der Waals surface area contributed by atoms with Crippen molar-refractivity contribution in [3.63, 3.8) is 0 Å². The minimum atomic E-state index is -1.14. The Morgan fingerprint density at radius 2 is 1.83 bits per heavy atom. The second kappa shape index (κ2) is 6.75. The highest BCUT2D eigenvalue weighted by Gasteiger charge is 2.35. The molecule has 2 aromatic carbocycles. The third-order valence-corrected chi connectivity index (χ3v) is 5.99. The fourth-order valence-corrected chi connectivity index (χ4v) is 4.52. The van der Waals surface area contributed by atoms with Gasteiger partial charge in [0.05, 0.1) is 11.3 Å². The van der Waals surface area contributed by atoms with Crippen molar-refractivity contribution >= 4 is 51.0 Å². The van der Waals surface area contributed by atoms with E-state index in [2.05, 4.69) is 10.1 Å². The Labute approximate surface area is 177 Å². The molecular formula is C20H11ClN4O4S. The van der Waals surface area contributed by atoms with Gasteiger partial charge in [0, 0.05) is 16.1 Å². The molecule has 0 fully saturated rings. The first-order chi connectivity index (χ1) is 14.4. The number of rotatable bonds is 3. The molecule has 0 unspecified atom stereocenters. The highest BCUT2D eigenvalue weighted by Crippen LogP contribution is 2.35. The molecule has 10 heteroatoms. The summed E-state index contributed by atoms with van der Waals surface area (Å²) in [6, 6.07) is 13.7. The van der Waals surface area contributed by atoms with Crippen LogP contribution >= 0.6 is 22.9 Å². The Morgan fingerprint density at radius 3 is 2.53 bits per heavy atom. The lowest BCUT2D eigenvalue weighted by Gasteiger charge is -2.13. The van der Waals surface area contributed by atoms with Crippen molar-refractivity contribution < 1.29 is 14.7 Å². The molecule has 0 saturated heterocycles. The molecule has 0 spiro atoms. The first kappa shape index (κ1) is 18.5. The number of thiazole rings is 1. The van der Waals surface area contributed by atoms with Crippen LogP contribution in [0.1, 0.15) is 5.56 Å². The van der Waals surface area contributed by atoms with Gasteiger partial charge in [-0.3, -0.25) is 19.3 Å². The minimum Gasteiger partial charge on any atom is -0.480 e. The molecule has 1 aliphatic heterocycles. The quantitative estimate of drug-likeness (QED) is 0.523. The lowest BCUT2D eigenvalue weighted by Crippen LogP contribution is -2.35. The van der Waals surface area contributed by atoms with Crippen LogP contribution in [0.4, 0.5) is 5.69 Å². The van der Waals surface area contributed by atoms with Crippen LogP contribution in [0.15, 0.2) is 53.3 Å². The molecule has 1 aliphatic rings. The number of anilines is 1. The number of hydrogen-bond acceptors (Lipinski definition) is 6. The number of benzene rings is 2. The number of carbonyl (C=O) groups is 2. The molecule has 0 bridgehead atoms. The predicted molar refractivity (Wildman–Crippen MR) is 112 cm³/mol. The highest BCUT2D eigenvalue weighted by atomic mass is 35.5. The summed E-state index contributed by atoms with van der Waals surface area (Å²) >= 11 is 6.95. The van der Waals surface area contributed by atoms with Crippen molar-refractivity contribution in [2.75, 3.05) is 11.4 Å². The number of fused-ring (bicyclic) bond motifs is 2. The summed E-state index contributed by atoms with van der Waals surface area (Å²) in [5.41, 5.74) is 1.38. The van der Waals surface area contributed by atoms with Crippen LogP contribution in [0.2, 0.25) is 5.02 Å². The molecule has 3 heterocycles. The minimum absolute atomic E-state index is 0.169. The second-order valence-corrected chi connectivity index (χ2v) is 7.96. The third kappa shape index (κ3) is 2.78. The van der Waals surface area contributed by atoms with E-state index in [1.54, 1.807) is 48.5 Å². The average molecular weight is 439 g/mol. The smallest absolute Gasteiger partial charge is 0.323 e. The van der Waals surface area contributed by atoms with Gasteiger partial charge in [-0.25, -0.2) is 0 Å². The van der Waals surface area contributed by atoms with E-state index in [4.69, 9.17) is 11.6 Å². The molecular weight excluding hydrogens is 428 g/mol. The molecule has 1 amide bonds. The van der Waals surface area contributed by atoms with Gasteiger partial charge in [-0.1, -0.05) is 41.1 Å². The number of amides is 1. The zero-order chi connectivity index (χ0) is 21.0. The van der Waals surface area contributed by atoms with Crippen LogP contribution in [-0.4, -0.2) is 38.1 Å². The average Bonchev–Trinajstić information content (AvgIpc) is 3.35. The number of carbonyl (C=O) groups excluding carboxylic acids is 1. The molecule has 0 atom stereocenters. The fourth-order valence-electron chi connectivity index (χ4n) is 3.40. The van der Waals surface area contributed by atoms with Gasteiger partial charge >= 0.3 is 5.97 Å². The number of carboxylic acid groups (broad SMARTS) is 1. The van der Waals surface area contributed by atoms with E-state index in [1.165, 1.54) is 0 Å². The Kier molecular flexibility index (Phi) is 4.16. The van der Waals surface area contributed by atoms with E-state index < -0.39 is 24.0 Å². The maximum Gasteiger partial charge on any atom is 0.323 e. The summed E-state index contributed by atoms with van der Waals surface area (Å²) < 4.78 is 1.34. The predicted octanol–water partition coefficient (Wildman–Crippen LogP) is 1.82. The van der Waals surface area contributed by atoms with Crippen LogP contribution in [0.25, 0.3) is 21.9 Å². The Hall–Kier alpha value is -3.56. The number of nitrogens with zero attached hydrogens (tertiary/aromatic N) is 4. The zero-order valence-corrected chi connectivity index (χ0v) is 16.6. The molecule has 4 aromatic rings. The third-order valence-electron chi connectivity index (χ3n) is 4.70. The van der Waals surface area contributed by atoms with E-state index in [1.807, 2.05) is 0 Å². The van der Waals surface area contributed by atoms with E-state index in [0.29, 0.717) is 32.6 Å². The van der Waals surface area contributed by atoms with Gasteiger partial charge in [-0.2, -0.15) is 9.50 Å². The van der Waals surface area contributed by atoms with Gasteiger partial charge in [0.1, 0.15) is 11.1 Å². The summed E-state index contributed by atoms with van der Waals surface area (Å²) in [5, 5.41) is 14.0. The highest BCUT2D eigenvalue weighted by molar-refractivity contribution is 7.15. The molecule has 1 N–H and O–H groups in total. The maximum atomic E-state index is 13.0. The lowest BCUT2D eigenvalue weighted by molar-refractivity contribution is -0.136. The van der Waals surface area contributed by atoms with Crippen molar-refractivity contribution in [3.8, 4) is 11.4 Å². The summed E-state index contributed by atoms with van der Waals surface area (Å²) in [4.78, 5) is 43.2. The SMILES string of the molecule is O=C(O)CN1C(=O)C(=c2sc3nc(-c4ccc(Cl)cc4)nn3c2=O)c2ccccc21. The number of hydrogen-bond donors (Lipinski definition) is 1. The van der Waals surface area contributed by atoms with Gasteiger partial charge < -0.3 is 5.11 Å². The van der Waals surface area contributed by atoms with Crippen LogP contribution < -0.4 is 15.0 Å². The van der Waals surface area contributed by atoms with Crippen LogP contribution in [0, 0.1) is 0 Å². The standard InChI is InChI=1S/C20H11ClN4O4S/c21-11-7-5-10(6-8-11)17-22-20-25(23-17)19(29)16(30-20)15-12-3-1-2-4-13(12)24(18(15)28)9-14(26)27/h1-8H,9H2,(H,26,27). The van der Waals surface area contributed by atoms with Gasteiger partial charge in [0.15, 0.2) is 5.82 Å². The maximum absolute atomic E-state index is 13.0. The fraction of sp³-hybridized carbons (Fsp3) is 0.0500. The number of aliphatic carboxylic acids is 1. The lowest BCUT2D eigenvalue weighted by atomic mass is 10.1. The molecule has 0 aliphatic carbocycles. The van der Waals surface area contributed by atoms with Crippen LogP contribution in [0.3, 0.4) is 0 Å².